The van der Waals surface area contributed by atoms with Gasteiger partial charge in [-0.05, 0) is 68.8 Å². The first-order valence-corrected chi connectivity index (χ1v) is 8.80. The molecule has 136 valence electrons. The molecule has 5 heteroatoms. The fraction of sp³-hybridized carbons (Fsp3) is 0.286. The molecule has 26 heavy (non-hydrogen) atoms. The lowest BCUT2D eigenvalue weighted by Crippen LogP contribution is -2.29. The number of fused-ring (bicyclic) bond motifs is 1. The van der Waals surface area contributed by atoms with Gasteiger partial charge in [0.1, 0.15) is 17.2 Å². The van der Waals surface area contributed by atoms with E-state index >= 15 is 0 Å². The van der Waals surface area contributed by atoms with Crippen LogP contribution in [-0.4, -0.2) is 29.2 Å². The molecule has 0 unspecified atom stereocenters. The highest BCUT2D eigenvalue weighted by Gasteiger charge is 2.23. The molecule has 0 aliphatic rings. The van der Waals surface area contributed by atoms with E-state index < -0.39 is 0 Å². The van der Waals surface area contributed by atoms with E-state index in [4.69, 9.17) is 4.74 Å². The minimum atomic E-state index is -0.0794. The maximum atomic E-state index is 13.2. The van der Waals surface area contributed by atoms with Crippen LogP contribution in [0, 0.1) is 6.92 Å². The highest BCUT2D eigenvalue weighted by atomic mass is 16.5. The van der Waals surface area contributed by atoms with Crippen molar-refractivity contribution in [2.24, 2.45) is 0 Å². The molecule has 0 saturated heterocycles. The number of carbonyl (C=O) groups excluding carboxylic acids is 1. The van der Waals surface area contributed by atoms with Gasteiger partial charge in [-0.2, -0.15) is 0 Å². The first-order valence-electron chi connectivity index (χ1n) is 8.80. The van der Waals surface area contributed by atoms with Crippen LogP contribution in [0.15, 0.2) is 42.5 Å². The van der Waals surface area contributed by atoms with Crippen molar-refractivity contribution >= 4 is 22.5 Å². The zero-order valence-corrected chi connectivity index (χ0v) is 15.6. The number of aromatic nitrogens is 1. The molecule has 3 aromatic rings. The van der Waals surface area contributed by atoms with Crippen LogP contribution in [0.4, 0.5) is 5.69 Å². The third-order valence-corrected chi connectivity index (χ3v) is 4.66. The third-order valence-electron chi connectivity index (χ3n) is 4.66. The van der Waals surface area contributed by atoms with E-state index in [0.717, 1.165) is 27.9 Å². The lowest BCUT2D eigenvalue weighted by molar-refractivity contribution is 0.0984. The summed E-state index contributed by atoms with van der Waals surface area (Å²) in [6, 6.07) is 12.6. The Bertz CT molecular complexity index is 942. The van der Waals surface area contributed by atoms with Gasteiger partial charge in [0, 0.05) is 30.2 Å². The van der Waals surface area contributed by atoms with Crippen molar-refractivity contribution in [3.8, 4) is 11.5 Å². The molecule has 0 atom stereocenters. The van der Waals surface area contributed by atoms with Gasteiger partial charge in [0.25, 0.3) is 5.91 Å². The van der Waals surface area contributed by atoms with Gasteiger partial charge in [-0.25, -0.2) is 0 Å². The molecule has 1 aromatic heterocycles. The summed E-state index contributed by atoms with van der Waals surface area (Å²) in [5.41, 5.74) is 3.37. The zero-order chi connectivity index (χ0) is 18.8. The predicted octanol–water partition coefficient (Wildman–Crippen LogP) is 4.35. The molecule has 0 radical (unpaired) electrons. The third kappa shape index (κ3) is 3.01. The molecule has 0 aliphatic heterocycles. The van der Waals surface area contributed by atoms with Crippen molar-refractivity contribution in [1.29, 1.82) is 0 Å². The van der Waals surface area contributed by atoms with Crippen LogP contribution in [-0.2, 0) is 6.54 Å². The molecule has 0 spiro atoms. The SMILES string of the molecule is CCOc1ccc2c(c1)c(C)c(C(=O)N(C)c1ccc(O)cc1)n2CC. The molecule has 1 N–H and O–H groups in total. The Kier molecular flexibility index (Phi) is 4.89. The molecule has 0 bridgehead atoms. The van der Waals surface area contributed by atoms with E-state index in [9.17, 15) is 9.90 Å². The standard InChI is InChI=1S/C21H24N2O3/c1-5-23-19-12-11-17(26-6-2)13-18(19)14(3)20(23)21(25)22(4)15-7-9-16(24)10-8-15/h7-13,24H,5-6H2,1-4H3. The number of aromatic hydroxyl groups is 1. The van der Waals surface area contributed by atoms with Gasteiger partial charge in [-0.3, -0.25) is 4.79 Å². The summed E-state index contributed by atoms with van der Waals surface area (Å²) in [5.74, 6) is 0.906. The quantitative estimate of drug-likeness (QED) is 0.743. The second kappa shape index (κ2) is 7.12. The fourth-order valence-corrected chi connectivity index (χ4v) is 3.31. The van der Waals surface area contributed by atoms with E-state index in [-0.39, 0.29) is 11.7 Å². The number of ether oxygens (including phenoxy) is 1. The van der Waals surface area contributed by atoms with Crippen molar-refractivity contribution in [2.45, 2.75) is 27.3 Å². The van der Waals surface area contributed by atoms with Crippen LogP contribution in [0.1, 0.15) is 29.9 Å². The molecule has 2 aromatic carbocycles. The van der Waals surface area contributed by atoms with Gasteiger partial charge >= 0.3 is 0 Å². The summed E-state index contributed by atoms with van der Waals surface area (Å²) in [5, 5.41) is 10.5. The molecular weight excluding hydrogens is 328 g/mol. The number of aryl methyl sites for hydroxylation is 2. The maximum absolute atomic E-state index is 13.2. The number of nitrogens with zero attached hydrogens (tertiary/aromatic N) is 2. The molecule has 5 nitrogen and oxygen atoms in total. The van der Waals surface area contributed by atoms with Crippen LogP contribution in [0.25, 0.3) is 10.9 Å². The fourth-order valence-electron chi connectivity index (χ4n) is 3.31. The summed E-state index contributed by atoms with van der Waals surface area (Å²) in [6.07, 6.45) is 0. The van der Waals surface area contributed by atoms with E-state index in [0.29, 0.717) is 18.8 Å². The number of hydrogen-bond donors (Lipinski definition) is 1. The molecule has 1 heterocycles. The summed E-state index contributed by atoms with van der Waals surface area (Å²) in [4.78, 5) is 14.8. The zero-order valence-electron chi connectivity index (χ0n) is 15.6. The van der Waals surface area contributed by atoms with Gasteiger partial charge < -0.3 is 19.3 Å². The Morgan fingerprint density at radius 3 is 2.46 bits per heavy atom. The minimum Gasteiger partial charge on any atom is -0.508 e. The Labute approximate surface area is 153 Å². The van der Waals surface area contributed by atoms with Gasteiger partial charge in [-0.15, -0.1) is 0 Å². The first kappa shape index (κ1) is 17.9. The van der Waals surface area contributed by atoms with E-state index in [2.05, 4.69) is 0 Å². The smallest absolute Gasteiger partial charge is 0.274 e. The number of phenolic OH excluding ortho intramolecular Hbond substituents is 1. The van der Waals surface area contributed by atoms with Gasteiger partial charge in [0.2, 0.25) is 0 Å². The Morgan fingerprint density at radius 1 is 1.15 bits per heavy atom. The van der Waals surface area contributed by atoms with Crippen molar-refractivity contribution in [1.82, 2.24) is 4.57 Å². The molecule has 1 amide bonds. The van der Waals surface area contributed by atoms with E-state index in [1.54, 1.807) is 36.2 Å². The topological polar surface area (TPSA) is 54.7 Å². The number of benzene rings is 2. The van der Waals surface area contributed by atoms with Crippen LogP contribution in [0.2, 0.25) is 0 Å². The summed E-state index contributed by atoms with van der Waals surface area (Å²) < 4.78 is 7.65. The number of amides is 1. The highest BCUT2D eigenvalue weighted by Crippen LogP contribution is 2.31. The van der Waals surface area contributed by atoms with Crippen LogP contribution in [0.3, 0.4) is 0 Å². The van der Waals surface area contributed by atoms with Crippen LogP contribution < -0.4 is 9.64 Å². The van der Waals surface area contributed by atoms with Crippen molar-refractivity contribution in [3.63, 3.8) is 0 Å². The normalized spacial score (nSPS) is 10.9. The largest absolute Gasteiger partial charge is 0.508 e. The second-order valence-electron chi connectivity index (χ2n) is 6.21. The number of carbonyl (C=O) groups is 1. The van der Waals surface area contributed by atoms with E-state index in [1.165, 1.54) is 0 Å². The Morgan fingerprint density at radius 2 is 1.85 bits per heavy atom. The van der Waals surface area contributed by atoms with Gasteiger partial charge in [-0.1, -0.05) is 0 Å². The lowest BCUT2D eigenvalue weighted by Gasteiger charge is -2.19. The molecule has 3 rings (SSSR count). The molecular formula is C21H24N2O3. The average molecular weight is 352 g/mol. The minimum absolute atomic E-state index is 0.0794. The van der Waals surface area contributed by atoms with Crippen molar-refractivity contribution < 1.29 is 14.6 Å². The first-order chi connectivity index (χ1) is 12.5. The summed E-state index contributed by atoms with van der Waals surface area (Å²) in [6.45, 7) is 7.27. The number of phenols is 1. The second-order valence-corrected chi connectivity index (χ2v) is 6.21. The van der Waals surface area contributed by atoms with Gasteiger partial charge in [0.05, 0.1) is 6.61 Å². The van der Waals surface area contributed by atoms with Gasteiger partial charge in [0.15, 0.2) is 0 Å². The predicted molar refractivity (Wildman–Crippen MR) is 104 cm³/mol. The molecule has 0 fully saturated rings. The summed E-state index contributed by atoms with van der Waals surface area (Å²) in [7, 11) is 1.75. The maximum Gasteiger partial charge on any atom is 0.274 e. The Balaban J connectivity index is 2.09. The van der Waals surface area contributed by atoms with Crippen molar-refractivity contribution in [3.05, 3.63) is 53.7 Å². The number of anilines is 1. The average Bonchev–Trinajstić information content (AvgIpc) is 2.93. The monoisotopic (exact) mass is 352 g/mol. The number of rotatable bonds is 5. The molecule has 0 saturated carbocycles. The van der Waals surface area contributed by atoms with E-state index in [1.807, 2.05) is 43.5 Å². The van der Waals surface area contributed by atoms with Crippen LogP contribution >= 0.6 is 0 Å². The van der Waals surface area contributed by atoms with Crippen molar-refractivity contribution in [2.75, 3.05) is 18.6 Å². The lowest BCUT2D eigenvalue weighted by atomic mass is 10.1. The Hall–Kier alpha value is -2.95. The summed E-state index contributed by atoms with van der Waals surface area (Å²) >= 11 is 0. The number of hydrogen-bond acceptors (Lipinski definition) is 3. The van der Waals surface area contributed by atoms with Crippen LogP contribution in [0.5, 0.6) is 11.5 Å². The molecule has 0 aliphatic carbocycles. The highest BCUT2D eigenvalue weighted by molar-refractivity contribution is 6.09.